The van der Waals surface area contributed by atoms with Gasteiger partial charge in [-0.2, -0.15) is 4.31 Å². The van der Waals surface area contributed by atoms with Crippen LogP contribution >= 0.6 is 0 Å². The van der Waals surface area contributed by atoms with Gasteiger partial charge in [-0.3, -0.25) is 4.79 Å². The maximum absolute atomic E-state index is 12.3. The van der Waals surface area contributed by atoms with E-state index in [1.165, 1.54) is 28.6 Å². The average Bonchev–Trinajstić information content (AvgIpc) is 3.31. The third-order valence-electron chi connectivity index (χ3n) is 3.47. The molecule has 3 N–H and O–H groups in total. The first kappa shape index (κ1) is 17.2. The smallest absolute Gasteiger partial charge is 0.319 e. The van der Waals surface area contributed by atoms with E-state index in [1.54, 1.807) is 7.05 Å². The van der Waals surface area contributed by atoms with Gasteiger partial charge in [-0.25, -0.2) is 13.2 Å². The molecule has 1 aliphatic carbocycles. The number of anilines is 1. The number of benzene rings is 1. The summed E-state index contributed by atoms with van der Waals surface area (Å²) in [6.45, 7) is 0.0137. The first-order valence-electron chi connectivity index (χ1n) is 7.15. The van der Waals surface area contributed by atoms with Crippen molar-refractivity contribution in [3.63, 3.8) is 0 Å². The second-order valence-electron chi connectivity index (χ2n) is 5.30. The molecule has 1 aromatic carbocycles. The first-order valence-corrected chi connectivity index (χ1v) is 8.59. The summed E-state index contributed by atoms with van der Waals surface area (Å²) in [6.07, 6.45) is 1.59. The molecule has 8 nitrogen and oxygen atoms in total. The van der Waals surface area contributed by atoms with Gasteiger partial charge >= 0.3 is 12.0 Å². The maximum atomic E-state index is 12.3. The van der Waals surface area contributed by atoms with Crippen LogP contribution in [0.25, 0.3) is 0 Å². The predicted octanol–water partition coefficient (Wildman–Crippen LogP) is 1.07. The number of nitrogens with one attached hydrogen (secondary N) is 2. The van der Waals surface area contributed by atoms with Crippen LogP contribution in [0.5, 0.6) is 0 Å². The number of rotatable bonds is 7. The van der Waals surface area contributed by atoms with Crippen molar-refractivity contribution < 1.29 is 23.1 Å². The van der Waals surface area contributed by atoms with Gasteiger partial charge in [0.2, 0.25) is 10.0 Å². The van der Waals surface area contributed by atoms with E-state index >= 15 is 0 Å². The molecule has 0 aliphatic heterocycles. The van der Waals surface area contributed by atoms with E-state index < -0.39 is 22.0 Å². The van der Waals surface area contributed by atoms with Crippen LogP contribution < -0.4 is 10.6 Å². The number of sulfonamides is 1. The van der Waals surface area contributed by atoms with Crippen LogP contribution in [-0.2, 0) is 14.8 Å². The number of aliphatic carboxylic acids is 1. The van der Waals surface area contributed by atoms with Crippen molar-refractivity contribution in [3.8, 4) is 0 Å². The summed E-state index contributed by atoms with van der Waals surface area (Å²) >= 11 is 0. The second kappa shape index (κ2) is 6.97. The van der Waals surface area contributed by atoms with E-state index in [0.717, 1.165) is 12.8 Å². The zero-order valence-electron chi connectivity index (χ0n) is 12.7. The zero-order valence-corrected chi connectivity index (χ0v) is 13.5. The number of nitrogens with zero attached hydrogens (tertiary/aromatic N) is 1. The summed E-state index contributed by atoms with van der Waals surface area (Å²) in [5, 5.41) is 13.4. The lowest BCUT2D eigenvalue weighted by Gasteiger charge is -2.16. The molecule has 2 rings (SSSR count). The number of amides is 2. The summed E-state index contributed by atoms with van der Waals surface area (Å²) < 4.78 is 26.0. The fraction of sp³-hybridized carbons (Fsp3) is 0.429. The summed E-state index contributed by atoms with van der Waals surface area (Å²) in [6, 6.07) is 5.38. The molecule has 0 unspecified atom stereocenters. The van der Waals surface area contributed by atoms with Crippen LogP contribution in [0.3, 0.4) is 0 Å². The van der Waals surface area contributed by atoms with Crippen molar-refractivity contribution in [3.05, 3.63) is 24.3 Å². The second-order valence-corrected chi connectivity index (χ2v) is 7.30. The Labute approximate surface area is 134 Å². The quantitative estimate of drug-likeness (QED) is 0.686. The highest BCUT2D eigenvalue weighted by Gasteiger charge is 2.34. The van der Waals surface area contributed by atoms with Gasteiger partial charge in [0.05, 0.1) is 11.3 Å². The van der Waals surface area contributed by atoms with Crippen molar-refractivity contribution in [1.82, 2.24) is 9.62 Å². The van der Waals surface area contributed by atoms with E-state index in [9.17, 15) is 18.0 Å². The van der Waals surface area contributed by atoms with Crippen molar-refractivity contribution in [2.75, 3.05) is 18.9 Å². The van der Waals surface area contributed by atoms with Crippen molar-refractivity contribution in [1.29, 1.82) is 0 Å². The first-order chi connectivity index (χ1) is 10.8. The lowest BCUT2D eigenvalue weighted by atomic mass is 10.3. The average molecular weight is 341 g/mol. The standard InChI is InChI=1S/C14H19N3O5S/c1-17(11-4-5-11)23(21,22)12-6-2-10(3-7-12)16-14(20)15-9-8-13(18)19/h2-3,6-7,11H,4-5,8-9H2,1H3,(H,18,19)(H2,15,16,20). The van der Waals surface area contributed by atoms with Gasteiger partial charge in [-0.05, 0) is 37.1 Å². The van der Waals surface area contributed by atoms with Crippen molar-refractivity contribution in [2.24, 2.45) is 0 Å². The number of hydrogen-bond donors (Lipinski definition) is 3. The highest BCUT2D eigenvalue weighted by molar-refractivity contribution is 7.89. The SMILES string of the molecule is CN(C1CC1)S(=O)(=O)c1ccc(NC(=O)NCCC(=O)O)cc1. The minimum absolute atomic E-state index is 0.0137. The molecule has 1 saturated carbocycles. The van der Waals surface area contributed by atoms with Crippen molar-refractivity contribution >= 4 is 27.7 Å². The molecule has 0 heterocycles. The molecule has 0 aromatic heterocycles. The highest BCUT2D eigenvalue weighted by Crippen LogP contribution is 2.30. The van der Waals surface area contributed by atoms with Gasteiger partial charge in [-0.1, -0.05) is 0 Å². The Balaban J connectivity index is 1.94. The van der Waals surface area contributed by atoms with Gasteiger partial charge in [0.25, 0.3) is 0 Å². The monoisotopic (exact) mass is 341 g/mol. The fourth-order valence-corrected chi connectivity index (χ4v) is 3.39. The molecule has 2 amide bonds. The van der Waals surface area contributed by atoms with Gasteiger partial charge in [0, 0.05) is 25.3 Å². The van der Waals surface area contributed by atoms with Crippen LogP contribution in [-0.4, -0.2) is 49.5 Å². The zero-order chi connectivity index (χ0) is 17.0. The van der Waals surface area contributed by atoms with Gasteiger partial charge in [0.15, 0.2) is 0 Å². The Morgan fingerprint density at radius 1 is 1.26 bits per heavy atom. The number of carbonyl (C=O) groups is 2. The van der Waals surface area contributed by atoms with Crippen LogP contribution in [0, 0.1) is 0 Å². The highest BCUT2D eigenvalue weighted by atomic mass is 32.2. The van der Waals surface area contributed by atoms with Crippen LogP contribution in [0.1, 0.15) is 19.3 Å². The molecule has 0 atom stereocenters. The van der Waals surface area contributed by atoms with Crippen molar-refractivity contribution in [2.45, 2.75) is 30.2 Å². The Morgan fingerprint density at radius 2 is 1.87 bits per heavy atom. The number of carboxylic acids is 1. The summed E-state index contributed by atoms with van der Waals surface area (Å²) in [5.41, 5.74) is 0.422. The molecule has 23 heavy (non-hydrogen) atoms. The molecule has 1 aliphatic rings. The molecule has 126 valence electrons. The molecule has 0 radical (unpaired) electrons. The maximum Gasteiger partial charge on any atom is 0.319 e. The van der Waals surface area contributed by atoms with Gasteiger partial charge < -0.3 is 15.7 Å². The molecular formula is C14H19N3O5S. The summed E-state index contributed by atoms with van der Waals surface area (Å²) in [4.78, 5) is 22.1. The summed E-state index contributed by atoms with van der Waals surface area (Å²) in [5.74, 6) is -1.00. The molecular weight excluding hydrogens is 322 g/mol. The fourth-order valence-electron chi connectivity index (χ4n) is 1.97. The number of hydrogen-bond acceptors (Lipinski definition) is 4. The lowest BCUT2D eigenvalue weighted by molar-refractivity contribution is -0.136. The van der Waals surface area contributed by atoms with Gasteiger partial charge in [0.1, 0.15) is 0 Å². The lowest BCUT2D eigenvalue weighted by Crippen LogP contribution is -2.30. The molecule has 0 saturated heterocycles. The van der Waals surface area contributed by atoms with Crippen LogP contribution in [0.4, 0.5) is 10.5 Å². The van der Waals surface area contributed by atoms with Crippen LogP contribution in [0.15, 0.2) is 29.2 Å². The molecule has 1 fully saturated rings. The Hall–Kier alpha value is -2.13. The molecule has 0 spiro atoms. The molecule has 0 bridgehead atoms. The minimum Gasteiger partial charge on any atom is -0.481 e. The number of urea groups is 1. The van der Waals surface area contributed by atoms with Gasteiger partial charge in [-0.15, -0.1) is 0 Å². The number of carbonyl (C=O) groups excluding carboxylic acids is 1. The Bertz CT molecular complexity index is 683. The summed E-state index contributed by atoms with van der Waals surface area (Å²) in [7, 11) is -1.94. The molecule has 9 heteroatoms. The largest absolute Gasteiger partial charge is 0.481 e. The Morgan fingerprint density at radius 3 is 2.39 bits per heavy atom. The van der Waals surface area contributed by atoms with E-state index in [1.807, 2.05) is 0 Å². The predicted molar refractivity (Wildman–Crippen MR) is 83.7 cm³/mol. The third-order valence-corrected chi connectivity index (χ3v) is 5.40. The van der Waals surface area contributed by atoms with E-state index in [-0.39, 0.29) is 23.9 Å². The van der Waals surface area contributed by atoms with E-state index in [2.05, 4.69) is 10.6 Å². The van der Waals surface area contributed by atoms with Crippen LogP contribution in [0.2, 0.25) is 0 Å². The molecule has 1 aromatic rings. The minimum atomic E-state index is -3.50. The Kier molecular flexibility index (Phi) is 5.22. The van der Waals surface area contributed by atoms with E-state index in [4.69, 9.17) is 5.11 Å². The number of carboxylic acid groups (broad SMARTS) is 1. The normalized spacial score (nSPS) is 14.5. The van der Waals surface area contributed by atoms with E-state index in [0.29, 0.717) is 5.69 Å². The topological polar surface area (TPSA) is 116 Å². The third kappa shape index (κ3) is 4.67.